The first-order valence-corrected chi connectivity index (χ1v) is 15.9. The van der Waals surface area contributed by atoms with Crippen molar-refractivity contribution in [3.05, 3.63) is 192 Å². The van der Waals surface area contributed by atoms with Crippen LogP contribution in [0.1, 0.15) is 22.3 Å². The van der Waals surface area contributed by atoms with Gasteiger partial charge in [0.05, 0.1) is 5.41 Å². The van der Waals surface area contributed by atoms with Crippen molar-refractivity contribution >= 4 is 21.5 Å². The highest BCUT2D eigenvalue weighted by molar-refractivity contribution is 6.08. The lowest BCUT2D eigenvalue weighted by Crippen LogP contribution is -2.28. The summed E-state index contributed by atoms with van der Waals surface area (Å²) < 4.78 is 6.77. The Balaban J connectivity index is 1.27. The minimum absolute atomic E-state index is 0.486. The van der Waals surface area contributed by atoms with Crippen LogP contribution < -0.4 is 4.74 Å². The van der Waals surface area contributed by atoms with Crippen LogP contribution in [0.5, 0.6) is 11.5 Å². The fraction of sp³-hybridized carbons (Fsp3) is 0.0222. The van der Waals surface area contributed by atoms with E-state index in [1.54, 1.807) is 0 Å². The van der Waals surface area contributed by atoms with Crippen molar-refractivity contribution in [3.63, 3.8) is 0 Å². The topological polar surface area (TPSA) is 9.23 Å². The van der Waals surface area contributed by atoms with Crippen molar-refractivity contribution in [2.24, 2.45) is 0 Å². The highest BCUT2D eigenvalue weighted by Crippen LogP contribution is 2.58. The van der Waals surface area contributed by atoms with Crippen LogP contribution in [0.4, 0.5) is 0 Å². The van der Waals surface area contributed by atoms with E-state index in [2.05, 4.69) is 170 Å². The second-order valence-electron chi connectivity index (χ2n) is 12.4. The van der Waals surface area contributed by atoms with E-state index in [0.29, 0.717) is 0 Å². The second kappa shape index (κ2) is 9.54. The molecular weight excluding hydrogens is 556 g/mol. The summed E-state index contributed by atoms with van der Waals surface area (Å²) in [6.07, 6.45) is 0. The maximum Gasteiger partial charge on any atom is 0.143 e. The van der Waals surface area contributed by atoms with Crippen molar-refractivity contribution in [2.75, 3.05) is 0 Å². The number of fused-ring (bicyclic) bond motifs is 7. The molecule has 1 unspecified atom stereocenters. The van der Waals surface area contributed by atoms with Gasteiger partial charge in [0.2, 0.25) is 0 Å². The first-order valence-electron chi connectivity index (χ1n) is 15.9. The van der Waals surface area contributed by atoms with Gasteiger partial charge in [-0.05, 0) is 78.9 Å². The third-order valence-corrected chi connectivity index (χ3v) is 10.1. The third-order valence-electron chi connectivity index (χ3n) is 10.1. The molecule has 1 heteroatoms. The zero-order chi connectivity index (χ0) is 30.2. The minimum Gasteiger partial charge on any atom is -0.455 e. The number of hydrogen-bond acceptors (Lipinski definition) is 1. The zero-order valence-corrected chi connectivity index (χ0v) is 25.1. The summed E-state index contributed by atoms with van der Waals surface area (Å²) in [7, 11) is 0. The van der Waals surface area contributed by atoms with Crippen LogP contribution in [0.3, 0.4) is 0 Å². The lowest BCUT2D eigenvalue weighted by atomic mass is 9.67. The zero-order valence-electron chi connectivity index (χ0n) is 25.1. The van der Waals surface area contributed by atoms with Gasteiger partial charge in [-0.15, -0.1) is 0 Å². The van der Waals surface area contributed by atoms with Gasteiger partial charge in [-0.3, -0.25) is 0 Å². The van der Waals surface area contributed by atoms with Gasteiger partial charge in [-0.2, -0.15) is 0 Å². The van der Waals surface area contributed by atoms with Crippen molar-refractivity contribution in [2.45, 2.75) is 5.41 Å². The normalized spacial score (nSPS) is 15.7. The molecule has 8 aromatic rings. The predicted octanol–water partition coefficient (Wildman–Crippen LogP) is 11.8. The monoisotopic (exact) mass is 584 g/mol. The first kappa shape index (κ1) is 25.4. The summed E-state index contributed by atoms with van der Waals surface area (Å²) in [5.41, 5.74) is 11.9. The molecule has 0 aromatic heterocycles. The third kappa shape index (κ3) is 3.35. The summed E-state index contributed by atoms with van der Waals surface area (Å²) >= 11 is 0. The molecule has 0 fully saturated rings. The summed E-state index contributed by atoms with van der Waals surface area (Å²) in [5.74, 6) is 1.83. The highest BCUT2D eigenvalue weighted by atomic mass is 16.5. The van der Waals surface area contributed by atoms with E-state index in [0.717, 1.165) is 28.2 Å². The van der Waals surface area contributed by atoms with Crippen LogP contribution in [-0.4, -0.2) is 0 Å². The van der Waals surface area contributed by atoms with Crippen LogP contribution >= 0.6 is 0 Å². The average Bonchev–Trinajstić information content (AvgIpc) is 3.44. The molecule has 1 atom stereocenters. The molecule has 214 valence electrons. The van der Waals surface area contributed by atoms with Gasteiger partial charge in [-0.1, -0.05) is 152 Å². The minimum atomic E-state index is -0.486. The van der Waals surface area contributed by atoms with Gasteiger partial charge < -0.3 is 4.74 Å². The van der Waals surface area contributed by atoms with Crippen LogP contribution in [-0.2, 0) is 5.41 Å². The van der Waals surface area contributed by atoms with E-state index in [1.165, 1.54) is 60.5 Å². The Bertz CT molecular complexity index is 2510. The summed E-state index contributed by atoms with van der Waals surface area (Å²) in [6, 6.07) is 62.0. The second-order valence-corrected chi connectivity index (χ2v) is 12.4. The molecule has 0 amide bonds. The molecule has 1 aliphatic heterocycles. The van der Waals surface area contributed by atoms with Gasteiger partial charge in [-0.25, -0.2) is 0 Å². The van der Waals surface area contributed by atoms with E-state index >= 15 is 0 Å². The summed E-state index contributed by atoms with van der Waals surface area (Å²) in [4.78, 5) is 0. The fourth-order valence-corrected chi connectivity index (χ4v) is 8.24. The van der Waals surface area contributed by atoms with E-state index in [-0.39, 0.29) is 0 Å². The maximum atomic E-state index is 6.77. The van der Waals surface area contributed by atoms with Crippen LogP contribution in [0.15, 0.2) is 170 Å². The largest absolute Gasteiger partial charge is 0.455 e. The standard InChI is InChI=1S/C45H28O/c1-2-15-32(16-3-1)45(39-22-8-6-20-38(39)43-34-18-5-4-12-29(34)25-27-40(43)45)33-17-10-14-31(28-33)35-26-24-30-13-11-21-37-36-19-7-9-23-41(36)46-44(35)42(30)37/h1-28H. The predicted molar refractivity (Wildman–Crippen MR) is 190 cm³/mol. The Labute approximate surface area is 268 Å². The molecule has 46 heavy (non-hydrogen) atoms. The molecule has 1 aliphatic carbocycles. The van der Waals surface area contributed by atoms with Crippen LogP contribution in [0.25, 0.3) is 54.9 Å². The molecule has 0 radical (unpaired) electrons. The molecule has 0 saturated heterocycles. The number of benzene rings is 8. The number of ether oxygens (including phenoxy) is 1. The summed E-state index contributed by atoms with van der Waals surface area (Å²) in [6.45, 7) is 0. The number of rotatable bonds is 3. The molecule has 10 rings (SSSR count). The van der Waals surface area contributed by atoms with E-state index < -0.39 is 5.41 Å². The first-order chi connectivity index (χ1) is 22.8. The van der Waals surface area contributed by atoms with Crippen molar-refractivity contribution in [3.8, 4) is 44.9 Å². The van der Waals surface area contributed by atoms with Crippen LogP contribution in [0, 0.1) is 0 Å². The molecule has 1 heterocycles. The van der Waals surface area contributed by atoms with Gasteiger partial charge in [0.25, 0.3) is 0 Å². The molecule has 0 spiro atoms. The van der Waals surface area contributed by atoms with Gasteiger partial charge in [0, 0.05) is 16.5 Å². The van der Waals surface area contributed by atoms with Gasteiger partial charge in [0.1, 0.15) is 11.5 Å². The maximum absolute atomic E-state index is 6.77. The number of para-hydroxylation sites is 1. The van der Waals surface area contributed by atoms with Crippen molar-refractivity contribution in [1.29, 1.82) is 0 Å². The van der Waals surface area contributed by atoms with E-state index in [9.17, 15) is 0 Å². The molecule has 1 nitrogen and oxygen atoms in total. The molecule has 0 saturated carbocycles. The van der Waals surface area contributed by atoms with E-state index in [4.69, 9.17) is 4.74 Å². The summed E-state index contributed by atoms with van der Waals surface area (Å²) in [5, 5.41) is 4.91. The highest BCUT2D eigenvalue weighted by Gasteiger charge is 2.46. The Kier molecular flexibility index (Phi) is 5.27. The van der Waals surface area contributed by atoms with Gasteiger partial charge in [0.15, 0.2) is 0 Å². The average molecular weight is 585 g/mol. The molecule has 2 aliphatic rings. The Hall–Kier alpha value is -5.92. The molecule has 0 N–H and O–H groups in total. The van der Waals surface area contributed by atoms with E-state index in [1.807, 2.05) is 0 Å². The Morgan fingerprint density at radius 2 is 1.11 bits per heavy atom. The molecular formula is C45H28O. The smallest absolute Gasteiger partial charge is 0.143 e. The SMILES string of the molecule is c1ccc(C2(c3cccc(-c4ccc5cccc6c5c4Oc4ccccc4-6)c3)c3ccccc3-c3c2ccc2ccccc32)cc1. The van der Waals surface area contributed by atoms with Gasteiger partial charge >= 0.3 is 0 Å². The lowest BCUT2D eigenvalue weighted by molar-refractivity contribution is 0.489. The van der Waals surface area contributed by atoms with Crippen molar-refractivity contribution < 1.29 is 4.74 Å². The van der Waals surface area contributed by atoms with Crippen LogP contribution in [0.2, 0.25) is 0 Å². The fourth-order valence-electron chi connectivity index (χ4n) is 8.24. The quantitative estimate of drug-likeness (QED) is 0.201. The lowest BCUT2D eigenvalue weighted by Gasteiger charge is -2.34. The Morgan fingerprint density at radius 3 is 2.04 bits per heavy atom. The molecule has 8 aromatic carbocycles. The number of hydrogen-bond donors (Lipinski definition) is 0. The Morgan fingerprint density at radius 1 is 0.413 bits per heavy atom. The molecule has 0 bridgehead atoms. The van der Waals surface area contributed by atoms with Crippen molar-refractivity contribution in [1.82, 2.24) is 0 Å².